The highest BCUT2D eigenvalue weighted by Crippen LogP contribution is 2.44. The van der Waals surface area contributed by atoms with Gasteiger partial charge in [-0.1, -0.05) is 34.6 Å². The molecule has 29 heavy (non-hydrogen) atoms. The second kappa shape index (κ2) is 8.57. The van der Waals surface area contributed by atoms with E-state index in [1.807, 2.05) is 30.3 Å². The van der Waals surface area contributed by atoms with Crippen LogP contribution in [0.1, 0.15) is 18.1 Å². The number of nitrogens with one attached hydrogen (secondary N) is 1. The minimum atomic E-state index is -0.205. The number of halogens is 1. The van der Waals surface area contributed by atoms with E-state index >= 15 is 0 Å². The molecule has 0 heterocycles. The molecule has 5 nitrogen and oxygen atoms in total. The van der Waals surface area contributed by atoms with E-state index in [9.17, 15) is 4.79 Å². The summed E-state index contributed by atoms with van der Waals surface area (Å²) < 4.78 is 17.6. The normalized spacial score (nSPS) is 10.5. The molecule has 0 spiro atoms. The zero-order valence-electron chi connectivity index (χ0n) is 16.8. The number of fused-ring (bicyclic) bond motifs is 1. The molecule has 0 saturated carbocycles. The molecular weight excluding hydrogens is 434 g/mol. The van der Waals surface area contributed by atoms with Crippen LogP contribution >= 0.6 is 15.9 Å². The van der Waals surface area contributed by atoms with Gasteiger partial charge in [0, 0.05) is 34.7 Å². The van der Waals surface area contributed by atoms with Crippen LogP contribution in [-0.2, 0) is 4.79 Å². The lowest BCUT2D eigenvalue weighted by Gasteiger charge is -2.20. The summed E-state index contributed by atoms with van der Waals surface area (Å²) in [4.78, 5) is 11.8. The first-order valence-electron chi connectivity index (χ1n) is 8.89. The molecule has 0 atom stereocenters. The van der Waals surface area contributed by atoms with Crippen molar-refractivity contribution in [1.29, 1.82) is 0 Å². The first-order chi connectivity index (χ1) is 13.9. The first kappa shape index (κ1) is 20.7. The number of methoxy groups -OCH3 is 3. The van der Waals surface area contributed by atoms with Crippen LogP contribution in [0.4, 0.5) is 5.69 Å². The Labute approximate surface area is 178 Å². The van der Waals surface area contributed by atoms with Crippen LogP contribution in [0.15, 0.2) is 53.5 Å². The molecule has 0 aromatic heterocycles. The number of amides is 1. The number of carbonyl (C=O) groups is 1. The van der Waals surface area contributed by atoms with Crippen molar-refractivity contribution in [3.63, 3.8) is 0 Å². The van der Waals surface area contributed by atoms with Gasteiger partial charge in [-0.2, -0.15) is 0 Å². The number of rotatable bonds is 6. The van der Waals surface area contributed by atoms with Gasteiger partial charge in [0.1, 0.15) is 17.2 Å². The van der Waals surface area contributed by atoms with E-state index in [0.717, 1.165) is 20.8 Å². The van der Waals surface area contributed by atoms with Gasteiger partial charge in [-0.25, -0.2) is 0 Å². The minimum absolute atomic E-state index is 0.205. The zero-order valence-corrected chi connectivity index (χ0v) is 18.3. The fraction of sp³-hybridized carbons (Fsp3) is 0.174. The lowest BCUT2D eigenvalue weighted by Crippen LogP contribution is -2.10. The van der Waals surface area contributed by atoms with Gasteiger partial charge in [-0.3, -0.25) is 4.79 Å². The van der Waals surface area contributed by atoms with Crippen molar-refractivity contribution in [2.75, 3.05) is 26.6 Å². The number of ether oxygens (including phenoxy) is 3. The topological polar surface area (TPSA) is 56.8 Å². The SMILES string of the molecule is C=C(c1c(NC(C)=O)cc(OC)cc1OC)c1c(OC)ccc2cc(Br)ccc12. The summed E-state index contributed by atoms with van der Waals surface area (Å²) >= 11 is 3.52. The Morgan fingerprint density at radius 1 is 0.931 bits per heavy atom. The molecule has 0 bridgehead atoms. The molecule has 3 rings (SSSR count). The molecule has 0 aliphatic rings. The molecule has 0 aliphatic heterocycles. The Morgan fingerprint density at radius 3 is 2.28 bits per heavy atom. The van der Waals surface area contributed by atoms with Gasteiger partial charge < -0.3 is 19.5 Å². The third kappa shape index (κ3) is 4.07. The molecule has 0 fully saturated rings. The lowest BCUT2D eigenvalue weighted by molar-refractivity contribution is -0.114. The predicted molar refractivity (Wildman–Crippen MR) is 120 cm³/mol. The van der Waals surface area contributed by atoms with Crippen LogP contribution in [0.2, 0.25) is 0 Å². The van der Waals surface area contributed by atoms with Crippen molar-refractivity contribution in [2.45, 2.75) is 6.92 Å². The molecular formula is C23H22BrNO4. The van der Waals surface area contributed by atoms with Crippen LogP contribution < -0.4 is 19.5 Å². The maximum atomic E-state index is 11.8. The van der Waals surface area contributed by atoms with Crippen LogP contribution in [0, 0.1) is 0 Å². The maximum absolute atomic E-state index is 11.8. The summed E-state index contributed by atoms with van der Waals surface area (Å²) in [6.45, 7) is 5.80. The van der Waals surface area contributed by atoms with Crippen molar-refractivity contribution in [3.8, 4) is 17.2 Å². The van der Waals surface area contributed by atoms with Gasteiger partial charge in [-0.15, -0.1) is 0 Å². The third-order valence-corrected chi connectivity index (χ3v) is 5.10. The summed E-state index contributed by atoms with van der Waals surface area (Å²) in [5, 5.41) is 4.87. The van der Waals surface area contributed by atoms with E-state index in [-0.39, 0.29) is 5.91 Å². The van der Waals surface area contributed by atoms with Crippen molar-refractivity contribution in [2.24, 2.45) is 0 Å². The zero-order chi connectivity index (χ0) is 21.1. The Kier molecular flexibility index (Phi) is 6.13. The maximum Gasteiger partial charge on any atom is 0.221 e. The molecule has 6 heteroatoms. The van der Waals surface area contributed by atoms with Crippen LogP contribution in [0.3, 0.4) is 0 Å². The van der Waals surface area contributed by atoms with Crippen LogP contribution in [0.25, 0.3) is 16.3 Å². The van der Waals surface area contributed by atoms with Crippen LogP contribution in [0.5, 0.6) is 17.2 Å². The summed E-state index contributed by atoms with van der Waals surface area (Å²) in [5.41, 5.74) is 2.71. The average molecular weight is 456 g/mol. The quantitative estimate of drug-likeness (QED) is 0.521. The molecule has 1 N–H and O–H groups in total. The monoisotopic (exact) mass is 455 g/mol. The fourth-order valence-corrected chi connectivity index (χ4v) is 3.73. The van der Waals surface area contributed by atoms with Crippen molar-refractivity contribution in [3.05, 3.63) is 64.6 Å². The van der Waals surface area contributed by atoms with Crippen molar-refractivity contribution >= 4 is 43.9 Å². The highest BCUT2D eigenvalue weighted by Gasteiger charge is 2.21. The number of benzene rings is 3. The highest BCUT2D eigenvalue weighted by atomic mass is 79.9. The van der Waals surface area contributed by atoms with Gasteiger partial charge in [0.2, 0.25) is 5.91 Å². The van der Waals surface area contributed by atoms with Crippen LogP contribution in [-0.4, -0.2) is 27.2 Å². The molecule has 150 valence electrons. The van der Waals surface area contributed by atoms with Gasteiger partial charge in [0.15, 0.2) is 0 Å². The minimum Gasteiger partial charge on any atom is -0.497 e. The highest BCUT2D eigenvalue weighted by molar-refractivity contribution is 9.10. The lowest BCUT2D eigenvalue weighted by atomic mass is 9.91. The number of hydrogen-bond acceptors (Lipinski definition) is 4. The standard InChI is InChI=1S/C23H22BrNO4/c1-13(22-18-8-7-16(24)10-15(18)6-9-20(22)28-4)23-19(25-14(2)26)11-17(27-3)12-21(23)29-5/h6-12H,1H2,2-5H3,(H,25,26). The number of anilines is 1. The first-order valence-corrected chi connectivity index (χ1v) is 9.68. The van der Waals surface area contributed by atoms with Crippen molar-refractivity contribution < 1.29 is 19.0 Å². The van der Waals surface area contributed by atoms with E-state index in [4.69, 9.17) is 14.2 Å². The summed E-state index contributed by atoms with van der Waals surface area (Å²) in [6, 6.07) is 13.4. The Bertz CT molecular complexity index is 1110. The second-order valence-corrected chi connectivity index (χ2v) is 7.34. The molecule has 0 unspecified atom stereocenters. The average Bonchev–Trinajstić information content (AvgIpc) is 2.71. The van der Waals surface area contributed by atoms with Gasteiger partial charge >= 0.3 is 0 Å². The Balaban J connectivity index is 2.32. The van der Waals surface area contributed by atoms with E-state index < -0.39 is 0 Å². The summed E-state index contributed by atoms with van der Waals surface area (Å²) in [6.07, 6.45) is 0. The summed E-state index contributed by atoms with van der Waals surface area (Å²) in [5.74, 6) is 1.57. The van der Waals surface area contributed by atoms with E-state index in [1.165, 1.54) is 6.92 Å². The number of hydrogen-bond donors (Lipinski definition) is 1. The number of carbonyl (C=O) groups excluding carboxylic acids is 1. The van der Waals surface area contributed by atoms with Gasteiger partial charge in [0.05, 0.1) is 27.0 Å². The van der Waals surface area contributed by atoms with Gasteiger partial charge in [-0.05, 0) is 34.5 Å². The molecule has 0 radical (unpaired) electrons. The molecule has 0 aliphatic carbocycles. The fourth-order valence-electron chi connectivity index (χ4n) is 3.36. The predicted octanol–water partition coefficient (Wildman–Crippen LogP) is 5.65. The van der Waals surface area contributed by atoms with Crippen molar-refractivity contribution in [1.82, 2.24) is 0 Å². The summed E-state index contributed by atoms with van der Waals surface area (Å²) in [7, 11) is 4.75. The van der Waals surface area contributed by atoms with Gasteiger partial charge in [0.25, 0.3) is 0 Å². The third-order valence-electron chi connectivity index (χ3n) is 4.61. The molecule has 0 saturated heterocycles. The largest absolute Gasteiger partial charge is 0.497 e. The van der Waals surface area contributed by atoms with E-state index in [2.05, 4.69) is 27.8 Å². The molecule has 1 amide bonds. The second-order valence-electron chi connectivity index (χ2n) is 6.42. The molecule has 3 aromatic rings. The van der Waals surface area contributed by atoms with E-state index in [1.54, 1.807) is 33.5 Å². The Hall–Kier alpha value is -2.99. The smallest absolute Gasteiger partial charge is 0.221 e. The molecule has 3 aromatic carbocycles. The Morgan fingerprint density at radius 2 is 1.66 bits per heavy atom. The van der Waals surface area contributed by atoms with E-state index in [0.29, 0.717) is 34.1 Å².